The predicted octanol–water partition coefficient (Wildman–Crippen LogP) is 3.29. The molecule has 0 saturated heterocycles. The molecule has 1 saturated carbocycles. The highest BCUT2D eigenvalue weighted by atomic mass is 32.1. The van der Waals surface area contributed by atoms with Crippen molar-refractivity contribution in [3.8, 4) is 11.5 Å². The average Bonchev–Trinajstić information content (AvgIpc) is 3.39. The topological polar surface area (TPSA) is 93.8 Å². The van der Waals surface area contributed by atoms with E-state index >= 15 is 0 Å². The Hall–Kier alpha value is -2.61. The SMILES string of the molecule is O=C(NCC1CCC(c2nnc(-c3ccsc3)o2)CC1)c1cnccn1. The molecule has 1 N–H and O–H groups in total. The Kier molecular flexibility index (Phi) is 5.01. The molecule has 7 nitrogen and oxygen atoms in total. The zero-order chi connectivity index (χ0) is 17.8. The number of rotatable bonds is 5. The van der Waals surface area contributed by atoms with E-state index < -0.39 is 0 Å². The summed E-state index contributed by atoms with van der Waals surface area (Å²) in [6.07, 6.45) is 8.61. The smallest absolute Gasteiger partial charge is 0.271 e. The maximum Gasteiger partial charge on any atom is 0.271 e. The van der Waals surface area contributed by atoms with Gasteiger partial charge in [0.15, 0.2) is 0 Å². The van der Waals surface area contributed by atoms with Crippen LogP contribution in [0, 0.1) is 5.92 Å². The van der Waals surface area contributed by atoms with Crippen LogP contribution in [0.5, 0.6) is 0 Å². The minimum Gasteiger partial charge on any atom is -0.420 e. The number of aromatic nitrogens is 4. The molecule has 3 aromatic heterocycles. The molecule has 1 amide bonds. The number of amides is 1. The molecule has 0 spiro atoms. The number of carbonyl (C=O) groups excluding carboxylic acids is 1. The van der Waals surface area contributed by atoms with Crippen LogP contribution < -0.4 is 5.32 Å². The Bertz CT molecular complexity index is 842. The third kappa shape index (κ3) is 3.80. The lowest BCUT2D eigenvalue weighted by Crippen LogP contribution is -2.31. The minimum atomic E-state index is -0.169. The monoisotopic (exact) mass is 369 g/mol. The van der Waals surface area contributed by atoms with Crippen molar-refractivity contribution in [1.82, 2.24) is 25.5 Å². The summed E-state index contributed by atoms with van der Waals surface area (Å²) in [6.45, 7) is 0.659. The fourth-order valence-electron chi connectivity index (χ4n) is 3.26. The van der Waals surface area contributed by atoms with Gasteiger partial charge in [0.25, 0.3) is 5.91 Å². The van der Waals surface area contributed by atoms with Gasteiger partial charge in [0.05, 0.1) is 6.20 Å². The van der Waals surface area contributed by atoms with Gasteiger partial charge in [0, 0.05) is 35.8 Å². The lowest BCUT2D eigenvalue weighted by atomic mass is 9.82. The predicted molar refractivity (Wildman–Crippen MR) is 96.7 cm³/mol. The first kappa shape index (κ1) is 16.8. The standard InChI is InChI=1S/C18H19N5O2S/c24-16(15-10-19-6-7-20-15)21-9-12-1-3-13(4-2-12)17-22-23-18(25-17)14-5-8-26-11-14/h5-8,10-13H,1-4,9H2,(H,21,24). The van der Waals surface area contributed by atoms with Crippen molar-refractivity contribution in [2.45, 2.75) is 31.6 Å². The molecule has 0 unspecified atom stereocenters. The zero-order valence-corrected chi connectivity index (χ0v) is 15.0. The molecule has 0 radical (unpaired) electrons. The molecule has 3 heterocycles. The maximum absolute atomic E-state index is 12.0. The summed E-state index contributed by atoms with van der Waals surface area (Å²) in [5, 5.41) is 15.4. The third-order valence-electron chi connectivity index (χ3n) is 4.75. The Morgan fingerprint density at radius 3 is 2.85 bits per heavy atom. The van der Waals surface area contributed by atoms with Gasteiger partial charge >= 0.3 is 0 Å². The highest BCUT2D eigenvalue weighted by molar-refractivity contribution is 7.08. The van der Waals surface area contributed by atoms with E-state index in [1.807, 2.05) is 16.8 Å². The van der Waals surface area contributed by atoms with Crippen LogP contribution in [-0.4, -0.2) is 32.6 Å². The van der Waals surface area contributed by atoms with Gasteiger partial charge in [-0.05, 0) is 43.0 Å². The number of carbonyl (C=O) groups is 1. The molecule has 8 heteroatoms. The molecule has 0 aromatic carbocycles. The number of thiophene rings is 1. The van der Waals surface area contributed by atoms with E-state index in [0.717, 1.165) is 37.1 Å². The van der Waals surface area contributed by atoms with E-state index in [2.05, 4.69) is 25.5 Å². The molecular weight excluding hydrogens is 350 g/mol. The van der Waals surface area contributed by atoms with Gasteiger partial charge in [0.1, 0.15) is 5.69 Å². The Morgan fingerprint density at radius 2 is 2.12 bits per heavy atom. The van der Waals surface area contributed by atoms with Gasteiger partial charge in [-0.2, -0.15) is 11.3 Å². The van der Waals surface area contributed by atoms with Crippen molar-refractivity contribution in [3.05, 3.63) is 47.0 Å². The van der Waals surface area contributed by atoms with Gasteiger partial charge in [-0.25, -0.2) is 4.98 Å². The molecular formula is C18H19N5O2S. The normalized spacial score (nSPS) is 20.0. The molecule has 4 rings (SSSR count). The van der Waals surface area contributed by atoms with E-state index in [9.17, 15) is 4.79 Å². The van der Waals surface area contributed by atoms with E-state index in [4.69, 9.17) is 4.42 Å². The van der Waals surface area contributed by atoms with Crippen molar-refractivity contribution in [2.24, 2.45) is 5.92 Å². The third-order valence-corrected chi connectivity index (χ3v) is 5.44. The fourth-order valence-corrected chi connectivity index (χ4v) is 3.89. The van der Waals surface area contributed by atoms with Crippen LogP contribution in [0.4, 0.5) is 0 Å². The molecule has 1 aliphatic rings. The van der Waals surface area contributed by atoms with E-state index in [0.29, 0.717) is 30.0 Å². The number of hydrogen-bond acceptors (Lipinski definition) is 7. The second-order valence-electron chi connectivity index (χ2n) is 6.48. The second-order valence-corrected chi connectivity index (χ2v) is 7.26. The van der Waals surface area contributed by atoms with Crippen LogP contribution in [0.25, 0.3) is 11.5 Å². The molecule has 0 atom stereocenters. The fraction of sp³-hybridized carbons (Fsp3) is 0.389. The van der Waals surface area contributed by atoms with Gasteiger partial charge < -0.3 is 9.73 Å². The molecule has 26 heavy (non-hydrogen) atoms. The minimum absolute atomic E-state index is 0.169. The molecule has 3 aromatic rings. The summed E-state index contributed by atoms with van der Waals surface area (Å²) < 4.78 is 5.86. The largest absolute Gasteiger partial charge is 0.420 e. The van der Waals surface area contributed by atoms with Crippen molar-refractivity contribution in [3.63, 3.8) is 0 Å². The van der Waals surface area contributed by atoms with E-state index in [1.54, 1.807) is 17.5 Å². The van der Waals surface area contributed by atoms with Gasteiger partial charge in [-0.15, -0.1) is 10.2 Å². The molecule has 0 aliphatic heterocycles. The maximum atomic E-state index is 12.0. The summed E-state index contributed by atoms with van der Waals surface area (Å²) >= 11 is 1.62. The number of nitrogens with one attached hydrogen (secondary N) is 1. The summed E-state index contributed by atoms with van der Waals surface area (Å²) in [5.41, 5.74) is 1.34. The number of nitrogens with zero attached hydrogens (tertiary/aromatic N) is 4. The first-order valence-electron chi connectivity index (χ1n) is 8.70. The molecule has 134 valence electrons. The van der Waals surface area contributed by atoms with Crippen molar-refractivity contribution >= 4 is 17.2 Å². The highest BCUT2D eigenvalue weighted by Crippen LogP contribution is 2.36. The Balaban J connectivity index is 1.27. The van der Waals surface area contributed by atoms with Crippen LogP contribution in [0.2, 0.25) is 0 Å². The van der Waals surface area contributed by atoms with Gasteiger partial charge in [-0.1, -0.05) is 0 Å². The van der Waals surface area contributed by atoms with Crippen molar-refractivity contribution < 1.29 is 9.21 Å². The Morgan fingerprint density at radius 1 is 1.23 bits per heavy atom. The summed E-state index contributed by atoms with van der Waals surface area (Å²) in [4.78, 5) is 20.0. The van der Waals surface area contributed by atoms with Crippen LogP contribution >= 0.6 is 11.3 Å². The highest BCUT2D eigenvalue weighted by Gasteiger charge is 2.27. The van der Waals surface area contributed by atoms with Crippen molar-refractivity contribution in [2.75, 3.05) is 6.54 Å². The summed E-state index contributed by atoms with van der Waals surface area (Å²) in [5.74, 6) is 1.93. The van der Waals surface area contributed by atoms with Crippen LogP contribution in [0.3, 0.4) is 0 Å². The summed E-state index contributed by atoms with van der Waals surface area (Å²) in [6, 6.07) is 1.98. The van der Waals surface area contributed by atoms with E-state index in [-0.39, 0.29) is 5.91 Å². The van der Waals surface area contributed by atoms with Gasteiger partial charge in [-0.3, -0.25) is 9.78 Å². The zero-order valence-electron chi connectivity index (χ0n) is 14.2. The summed E-state index contributed by atoms with van der Waals surface area (Å²) in [7, 11) is 0. The Labute approximate surface area is 154 Å². The lowest BCUT2D eigenvalue weighted by molar-refractivity contribution is 0.0937. The van der Waals surface area contributed by atoms with E-state index in [1.165, 1.54) is 12.4 Å². The first-order valence-corrected chi connectivity index (χ1v) is 9.64. The van der Waals surface area contributed by atoms with Gasteiger partial charge in [0.2, 0.25) is 11.8 Å². The van der Waals surface area contributed by atoms with Crippen LogP contribution in [0.15, 0.2) is 39.8 Å². The molecule has 0 bridgehead atoms. The quantitative estimate of drug-likeness (QED) is 0.742. The first-order chi connectivity index (χ1) is 12.8. The molecule has 1 aliphatic carbocycles. The van der Waals surface area contributed by atoms with Crippen molar-refractivity contribution in [1.29, 1.82) is 0 Å². The molecule has 1 fully saturated rings. The average molecular weight is 369 g/mol. The van der Waals surface area contributed by atoms with Crippen LogP contribution in [0.1, 0.15) is 48.0 Å². The number of hydrogen-bond donors (Lipinski definition) is 1. The lowest BCUT2D eigenvalue weighted by Gasteiger charge is -2.26. The van der Waals surface area contributed by atoms with Crippen LogP contribution in [-0.2, 0) is 0 Å². The second kappa shape index (κ2) is 7.74.